The lowest BCUT2D eigenvalue weighted by Gasteiger charge is -2.28. The summed E-state index contributed by atoms with van der Waals surface area (Å²) in [5, 5.41) is 6.58. The molecule has 0 saturated carbocycles. The number of morpholine rings is 1. The van der Waals surface area contributed by atoms with Crippen molar-refractivity contribution in [2.24, 2.45) is 0 Å². The van der Waals surface area contributed by atoms with E-state index in [4.69, 9.17) is 14.2 Å². The molecule has 7 rings (SSSR count). The molecule has 2 N–H and O–H groups in total. The summed E-state index contributed by atoms with van der Waals surface area (Å²) in [6.45, 7) is 6.54. The molecule has 0 aliphatic carbocycles. The number of rotatable bonds is 9. The Kier molecular flexibility index (Phi) is 8.31. The normalized spacial score (nSPS) is 14.0. The van der Waals surface area contributed by atoms with Crippen molar-refractivity contribution in [2.45, 2.75) is 19.9 Å². The molecular weight excluding hydrogens is 578 g/mol. The minimum absolute atomic E-state index is 0.148. The van der Waals surface area contributed by atoms with Crippen molar-refractivity contribution in [3.05, 3.63) is 114 Å². The van der Waals surface area contributed by atoms with Crippen LogP contribution in [0.3, 0.4) is 0 Å². The molecule has 1 saturated heterocycles. The fourth-order valence-corrected chi connectivity index (χ4v) is 5.99. The van der Waals surface area contributed by atoms with Gasteiger partial charge in [0.05, 0.1) is 56.1 Å². The average molecular weight is 616 g/mol. The lowest BCUT2D eigenvalue weighted by molar-refractivity contribution is 0.102. The number of carbonyl (C=O) groups excluding carboxylic acids is 1. The Morgan fingerprint density at radius 1 is 0.870 bits per heavy atom. The minimum Gasteiger partial charge on any atom is -0.496 e. The van der Waals surface area contributed by atoms with Crippen LogP contribution in [0.25, 0.3) is 11.1 Å². The number of nitrogens with one attached hydrogen (secondary N) is 2. The van der Waals surface area contributed by atoms with Crippen molar-refractivity contribution in [3.8, 4) is 22.6 Å². The summed E-state index contributed by atoms with van der Waals surface area (Å²) >= 11 is 0. The first kappa shape index (κ1) is 29.4. The number of fused-ring (bicyclic) bond motifs is 2. The standard InChI is InChI=1S/C37H37N5O4/c1-25-38-14-15-42(25)24-29-5-4-28(23-36(29)44-2)27-6-11-32-34(22-27)39-33-12-3-26(21-35(33)40-37(32)43)13-18-46-31-9-7-30(8-10-31)41-16-19-45-20-17-41/h3-12,14-15,21-23,39H,13,16-20,24H2,1-2H3,(H,40,43). The number of amides is 1. The van der Waals surface area contributed by atoms with E-state index in [1.165, 1.54) is 5.69 Å². The van der Waals surface area contributed by atoms with E-state index >= 15 is 0 Å². The number of ether oxygens (including phenoxy) is 3. The highest BCUT2D eigenvalue weighted by Gasteiger charge is 2.20. The highest BCUT2D eigenvalue weighted by atomic mass is 16.5. The van der Waals surface area contributed by atoms with Gasteiger partial charge in [0.1, 0.15) is 17.3 Å². The maximum absolute atomic E-state index is 13.3. The van der Waals surface area contributed by atoms with Gasteiger partial charge in [-0.1, -0.05) is 24.3 Å². The largest absolute Gasteiger partial charge is 0.496 e. The molecular formula is C37H37N5O4. The number of nitrogens with zero attached hydrogens (tertiary/aromatic N) is 3. The molecule has 1 fully saturated rings. The molecule has 5 aromatic rings. The smallest absolute Gasteiger partial charge is 0.257 e. The molecule has 1 aromatic heterocycles. The van der Waals surface area contributed by atoms with Gasteiger partial charge in [0.15, 0.2) is 0 Å². The topological polar surface area (TPSA) is 89.9 Å². The molecule has 0 spiro atoms. The first-order chi connectivity index (χ1) is 22.5. The highest BCUT2D eigenvalue weighted by Crippen LogP contribution is 2.36. The van der Waals surface area contributed by atoms with Crippen molar-refractivity contribution < 1.29 is 19.0 Å². The first-order valence-electron chi connectivity index (χ1n) is 15.6. The molecule has 4 aromatic carbocycles. The molecule has 234 valence electrons. The predicted octanol–water partition coefficient (Wildman–Crippen LogP) is 6.68. The van der Waals surface area contributed by atoms with Crippen LogP contribution in [0.1, 0.15) is 27.3 Å². The van der Waals surface area contributed by atoms with Crippen LogP contribution in [-0.2, 0) is 17.7 Å². The van der Waals surface area contributed by atoms with Gasteiger partial charge >= 0.3 is 0 Å². The monoisotopic (exact) mass is 615 g/mol. The van der Waals surface area contributed by atoms with E-state index < -0.39 is 0 Å². The summed E-state index contributed by atoms with van der Waals surface area (Å²) < 4.78 is 19.3. The van der Waals surface area contributed by atoms with E-state index in [1.807, 2.05) is 61.7 Å². The molecule has 46 heavy (non-hydrogen) atoms. The zero-order valence-electron chi connectivity index (χ0n) is 26.1. The summed E-state index contributed by atoms with van der Waals surface area (Å²) in [4.78, 5) is 19.9. The third-order valence-corrected chi connectivity index (χ3v) is 8.62. The van der Waals surface area contributed by atoms with Crippen molar-refractivity contribution in [1.82, 2.24) is 9.55 Å². The fourth-order valence-electron chi connectivity index (χ4n) is 5.99. The molecule has 0 atom stereocenters. The van der Waals surface area contributed by atoms with E-state index in [2.05, 4.69) is 55.4 Å². The van der Waals surface area contributed by atoms with Crippen molar-refractivity contribution in [3.63, 3.8) is 0 Å². The zero-order chi connectivity index (χ0) is 31.5. The van der Waals surface area contributed by atoms with Crippen molar-refractivity contribution >= 4 is 28.7 Å². The quantitative estimate of drug-likeness (QED) is 0.191. The van der Waals surface area contributed by atoms with Gasteiger partial charge in [0.2, 0.25) is 0 Å². The third-order valence-electron chi connectivity index (χ3n) is 8.62. The third kappa shape index (κ3) is 6.27. The van der Waals surface area contributed by atoms with Gasteiger partial charge in [-0.15, -0.1) is 0 Å². The van der Waals surface area contributed by atoms with Crippen LogP contribution in [0.15, 0.2) is 91.3 Å². The molecule has 0 unspecified atom stereocenters. The zero-order valence-corrected chi connectivity index (χ0v) is 26.1. The highest BCUT2D eigenvalue weighted by molar-refractivity contribution is 6.12. The number of aryl methyl sites for hydroxylation is 1. The van der Waals surface area contributed by atoms with Crippen LogP contribution in [0.5, 0.6) is 11.5 Å². The van der Waals surface area contributed by atoms with Crippen LogP contribution in [0, 0.1) is 6.92 Å². The second kappa shape index (κ2) is 13.0. The molecule has 9 nitrogen and oxygen atoms in total. The number of aromatic nitrogens is 2. The van der Waals surface area contributed by atoms with E-state index in [9.17, 15) is 4.79 Å². The molecule has 9 heteroatoms. The second-order valence-electron chi connectivity index (χ2n) is 11.5. The Balaban J connectivity index is 1.03. The summed E-state index contributed by atoms with van der Waals surface area (Å²) in [6.07, 6.45) is 4.48. The van der Waals surface area contributed by atoms with E-state index in [0.717, 1.165) is 82.9 Å². The number of methoxy groups -OCH3 is 1. The van der Waals surface area contributed by atoms with E-state index in [0.29, 0.717) is 25.1 Å². The summed E-state index contributed by atoms with van der Waals surface area (Å²) in [5.74, 6) is 2.45. The molecule has 2 aliphatic rings. The predicted molar refractivity (Wildman–Crippen MR) is 181 cm³/mol. The van der Waals surface area contributed by atoms with Gasteiger partial charge in [-0.25, -0.2) is 4.98 Å². The van der Waals surface area contributed by atoms with Crippen LogP contribution >= 0.6 is 0 Å². The Bertz CT molecular complexity index is 1860. The number of hydrogen-bond acceptors (Lipinski definition) is 7. The number of carbonyl (C=O) groups is 1. The van der Waals surface area contributed by atoms with Gasteiger partial charge in [0.25, 0.3) is 5.91 Å². The second-order valence-corrected chi connectivity index (χ2v) is 11.5. The van der Waals surface area contributed by atoms with Crippen LogP contribution < -0.4 is 25.0 Å². The summed E-state index contributed by atoms with van der Waals surface area (Å²) in [6, 6.07) is 26.4. The fraction of sp³-hybridized carbons (Fsp3) is 0.243. The number of hydrogen-bond donors (Lipinski definition) is 2. The summed E-state index contributed by atoms with van der Waals surface area (Å²) in [7, 11) is 1.69. The van der Waals surface area contributed by atoms with Gasteiger partial charge < -0.3 is 34.3 Å². The molecule has 3 heterocycles. The van der Waals surface area contributed by atoms with E-state index in [-0.39, 0.29) is 5.91 Å². The first-order valence-corrected chi connectivity index (χ1v) is 15.6. The number of imidazole rings is 1. The maximum Gasteiger partial charge on any atom is 0.257 e. The average Bonchev–Trinajstić information content (AvgIpc) is 3.43. The molecule has 2 aliphatic heterocycles. The maximum atomic E-state index is 13.3. The number of anilines is 4. The Morgan fingerprint density at radius 3 is 2.46 bits per heavy atom. The van der Waals surface area contributed by atoms with Crippen molar-refractivity contribution in [2.75, 3.05) is 55.6 Å². The molecule has 0 radical (unpaired) electrons. The summed E-state index contributed by atoms with van der Waals surface area (Å²) in [5.41, 5.74) is 8.25. The van der Waals surface area contributed by atoms with Crippen LogP contribution in [0.2, 0.25) is 0 Å². The number of benzene rings is 4. The van der Waals surface area contributed by atoms with Gasteiger partial charge in [-0.2, -0.15) is 0 Å². The van der Waals surface area contributed by atoms with Crippen LogP contribution in [0.4, 0.5) is 22.7 Å². The Labute approximate surface area is 268 Å². The lowest BCUT2D eigenvalue weighted by Crippen LogP contribution is -2.36. The Morgan fingerprint density at radius 2 is 1.67 bits per heavy atom. The molecule has 0 bridgehead atoms. The van der Waals surface area contributed by atoms with Crippen LogP contribution in [-0.4, -0.2) is 55.5 Å². The lowest BCUT2D eigenvalue weighted by atomic mass is 10.00. The van der Waals surface area contributed by atoms with Gasteiger partial charge in [-0.05, 0) is 78.2 Å². The Hall–Kier alpha value is -5.28. The van der Waals surface area contributed by atoms with Gasteiger partial charge in [0, 0.05) is 43.2 Å². The SMILES string of the molecule is COc1cc(-c2ccc3c(c2)Nc2ccc(CCOc4ccc(N5CCOCC5)cc4)cc2NC3=O)ccc1Cn1ccnc1C. The molecule has 1 amide bonds. The van der Waals surface area contributed by atoms with Crippen molar-refractivity contribution in [1.29, 1.82) is 0 Å². The minimum atomic E-state index is -0.148. The van der Waals surface area contributed by atoms with E-state index in [1.54, 1.807) is 13.3 Å². The van der Waals surface area contributed by atoms with Gasteiger partial charge in [-0.3, -0.25) is 4.79 Å².